The van der Waals surface area contributed by atoms with Crippen LogP contribution in [0.5, 0.6) is 11.5 Å². The second-order valence-corrected chi connectivity index (χ2v) is 14.1. The van der Waals surface area contributed by atoms with E-state index in [1.165, 1.54) is 42.5 Å². The topological polar surface area (TPSA) is 163 Å². The predicted molar refractivity (Wildman–Crippen MR) is 179 cm³/mol. The molecule has 4 aliphatic carbocycles. The lowest BCUT2D eigenvalue weighted by molar-refractivity contribution is -0.169. The number of carbonyl (C=O) groups is 3. The van der Waals surface area contributed by atoms with Crippen molar-refractivity contribution in [3.63, 3.8) is 0 Å². The van der Waals surface area contributed by atoms with Gasteiger partial charge in [-0.3, -0.25) is 14.1 Å². The van der Waals surface area contributed by atoms with Crippen molar-refractivity contribution in [3.8, 4) is 11.5 Å². The molecule has 7 rings (SSSR count). The highest BCUT2D eigenvalue weighted by atomic mass is 127. The Bertz CT molecular complexity index is 1890. The lowest BCUT2D eigenvalue weighted by atomic mass is 9.48. The van der Waals surface area contributed by atoms with Crippen molar-refractivity contribution >= 4 is 50.6 Å². The molecule has 0 radical (unpaired) electrons. The van der Waals surface area contributed by atoms with Gasteiger partial charge in [0.25, 0.3) is 10.1 Å². The lowest BCUT2D eigenvalue weighted by Crippen LogP contribution is -2.54. The number of rotatable bonds is 12. The molecular formula is C35H31IO11S. The second-order valence-electron chi connectivity index (χ2n) is 11.6. The summed E-state index contributed by atoms with van der Waals surface area (Å²) in [6.07, 6.45) is 8.10. The average molecular weight is 787 g/mol. The van der Waals surface area contributed by atoms with E-state index in [2.05, 4.69) is 12.2 Å². The lowest BCUT2D eigenvalue weighted by Gasteiger charge is -2.54. The van der Waals surface area contributed by atoms with Gasteiger partial charge in [-0.25, -0.2) is 4.79 Å². The van der Waals surface area contributed by atoms with Crippen LogP contribution in [0, 0.1) is 27.2 Å². The molecule has 0 saturated heterocycles. The van der Waals surface area contributed by atoms with E-state index >= 15 is 0 Å². The predicted octanol–water partition coefficient (Wildman–Crippen LogP) is 5.27. The van der Waals surface area contributed by atoms with Gasteiger partial charge < -0.3 is 24.1 Å². The highest BCUT2D eigenvalue weighted by Crippen LogP contribution is 2.62. The Kier molecular flexibility index (Phi) is 9.90. The molecule has 0 amide bonds. The van der Waals surface area contributed by atoms with E-state index in [4.69, 9.17) is 24.1 Å². The first-order valence-electron chi connectivity index (χ1n) is 15.2. The maximum atomic E-state index is 13.9. The first-order chi connectivity index (χ1) is 23.0. The Morgan fingerprint density at radius 2 is 1.21 bits per heavy atom. The van der Waals surface area contributed by atoms with E-state index < -0.39 is 39.9 Å². The molecule has 0 aromatic heterocycles. The Labute approximate surface area is 290 Å². The molecule has 48 heavy (non-hydrogen) atoms. The SMILES string of the molecule is O=C(O)c1ccc(OCCOC(=O)C2C(C(=O)OCCOc3ccc(S(=O)(=O)O)c(I)c3)C3c4ccccc4C2C2C=CC=CC23)cc1. The third-order valence-corrected chi connectivity index (χ3v) is 11.1. The fraction of sp³-hybridized carbons (Fsp3) is 0.286. The number of halogens is 1. The summed E-state index contributed by atoms with van der Waals surface area (Å²) >= 11 is 1.78. The summed E-state index contributed by atoms with van der Waals surface area (Å²) in [5.74, 6) is -3.70. The summed E-state index contributed by atoms with van der Waals surface area (Å²) in [4.78, 5) is 38.7. The summed E-state index contributed by atoms with van der Waals surface area (Å²) in [6.45, 7) is -0.200. The van der Waals surface area contributed by atoms with Gasteiger partial charge in [-0.05, 0) is 88.0 Å². The van der Waals surface area contributed by atoms with Crippen molar-refractivity contribution in [2.75, 3.05) is 26.4 Å². The molecule has 3 aromatic rings. The zero-order valence-electron chi connectivity index (χ0n) is 25.3. The number of aromatic carboxylic acids is 1. The molecule has 6 atom stereocenters. The van der Waals surface area contributed by atoms with E-state index in [-0.39, 0.29) is 64.1 Å². The molecule has 3 aromatic carbocycles. The standard InChI is InChI=1S/C35H31IO11S/c36-27-19-22(13-14-28(27)48(41,42)43)45-16-18-47-35(40)32-30-25-7-3-1-5-23(25)29(24-6-2-4-8-26(24)30)31(32)34(39)46-17-15-44-21-11-9-20(10-12-21)33(37)38/h1-14,19,23,25,29-32H,15-18H2,(H,37,38)(H,41,42,43). The zero-order chi connectivity index (χ0) is 34.0. The number of hydrogen-bond donors (Lipinski definition) is 2. The van der Waals surface area contributed by atoms with Crippen molar-refractivity contribution in [1.82, 2.24) is 0 Å². The first-order valence-corrected chi connectivity index (χ1v) is 17.7. The van der Waals surface area contributed by atoms with Crippen LogP contribution in [0.4, 0.5) is 0 Å². The molecule has 2 bridgehead atoms. The zero-order valence-corrected chi connectivity index (χ0v) is 28.3. The molecule has 2 N–H and O–H groups in total. The number of carbonyl (C=O) groups excluding carboxylic acids is 2. The molecule has 13 heteroatoms. The maximum Gasteiger partial charge on any atom is 0.335 e. The first kappa shape index (κ1) is 33.7. The maximum absolute atomic E-state index is 13.9. The van der Waals surface area contributed by atoms with Gasteiger partial charge in [-0.2, -0.15) is 8.42 Å². The Hall–Kier alpha value is -4.21. The van der Waals surface area contributed by atoms with E-state index in [1.54, 1.807) is 22.6 Å². The van der Waals surface area contributed by atoms with E-state index in [0.29, 0.717) is 11.5 Å². The van der Waals surface area contributed by atoms with Crippen LogP contribution < -0.4 is 9.47 Å². The molecule has 250 valence electrons. The minimum absolute atomic E-state index is 0.0167. The number of esters is 2. The second kappa shape index (κ2) is 14.1. The summed E-state index contributed by atoms with van der Waals surface area (Å²) in [5.41, 5.74) is 2.14. The molecule has 4 aliphatic rings. The molecule has 0 heterocycles. The molecule has 1 saturated carbocycles. The van der Waals surface area contributed by atoms with Crippen LogP contribution >= 0.6 is 22.6 Å². The minimum atomic E-state index is -4.37. The Morgan fingerprint density at radius 3 is 1.69 bits per heavy atom. The van der Waals surface area contributed by atoms with Gasteiger partial charge in [0.05, 0.1) is 17.4 Å². The van der Waals surface area contributed by atoms with Crippen LogP contribution in [0.2, 0.25) is 0 Å². The van der Waals surface area contributed by atoms with Crippen LogP contribution in [0.3, 0.4) is 0 Å². The van der Waals surface area contributed by atoms with Gasteiger partial charge in [0.15, 0.2) is 0 Å². The van der Waals surface area contributed by atoms with Crippen LogP contribution in [0.1, 0.15) is 33.3 Å². The van der Waals surface area contributed by atoms with E-state index in [9.17, 15) is 27.4 Å². The molecule has 6 unspecified atom stereocenters. The fourth-order valence-corrected chi connectivity index (χ4v) is 8.93. The number of benzene rings is 3. The van der Waals surface area contributed by atoms with Crippen molar-refractivity contribution in [2.45, 2.75) is 16.7 Å². The van der Waals surface area contributed by atoms with Crippen molar-refractivity contribution in [2.24, 2.45) is 23.7 Å². The van der Waals surface area contributed by atoms with Crippen LogP contribution in [0.15, 0.2) is 95.9 Å². The summed E-state index contributed by atoms with van der Waals surface area (Å²) in [5, 5.41) is 9.09. The molecule has 11 nitrogen and oxygen atoms in total. The van der Waals surface area contributed by atoms with Crippen molar-refractivity contribution in [3.05, 3.63) is 111 Å². The third-order valence-electron chi connectivity index (χ3n) is 8.95. The Morgan fingerprint density at radius 1 is 0.708 bits per heavy atom. The fourth-order valence-electron chi connectivity index (χ4n) is 7.06. The van der Waals surface area contributed by atoms with Gasteiger partial charge >= 0.3 is 17.9 Å². The number of allylic oxidation sites excluding steroid dienone is 4. The quantitative estimate of drug-likeness (QED) is 0.107. The van der Waals surface area contributed by atoms with Crippen LogP contribution in [0.25, 0.3) is 0 Å². The van der Waals surface area contributed by atoms with Gasteiger partial charge in [0.2, 0.25) is 0 Å². The molecule has 1 fully saturated rings. The number of hydrogen-bond acceptors (Lipinski definition) is 9. The van der Waals surface area contributed by atoms with Gasteiger partial charge in [-0.15, -0.1) is 0 Å². The van der Waals surface area contributed by atoms with Gasteiger partial charge in [0, 0.05) is 15.4 Å². The summed E-state index contributed by atoms with van der Waals surface area (Å²) in [7, 11) is -4.37. The summed E-state index contributed by atoms with van der Waals surface area (Å²) in [6, 6.07) is 17.8. The minimum Gasteiger partial charge on any atom is -0.490 e. The normalized spacial score (nSPS) is 23.5. The van der Waals surface area contributed by atoms with E-state index in [1.807, 2.05) is 36.4 Å². The van der Waals surface area contributed by atoms with Crippen LogP contribution in [-0.4, -0.2) is 62.4 Å². The number of ether oxygens (including phenoxy) is 4. The molecule has 0 aliphatic heterocycles. The smallest absolute Gasteiger partial charge is 0.335 e. The largest absolute Gasteiger partial charge is 0.490 e. The van der Waals surface area contributed by atoms with Gasteiger partial charge in [-0.1, -0.05) is 48.6 Å². The molecular weight excluding hydrogens is 755 g/mol. The molecule has 0 spiro atoms. The van der Waals surface area contributed by atoms with Gasteiger partial charge in [0.1, 0.15) is 42.8 Å². The number of fused-ring (bicyclic) bond motifs is 1. The number of carboxylic acids is 1. The highest BCUT2D eigenvalue weighted by molar-refractivity contribution is 14.1. The monoisotopic (exact) mass is 786 g/mol. The summed E-state index contributed by atoms with van der Waals surface area (Å²) < 4.78 is 55.4. The average Bonchev–Trinajstić information content (AvgIpc) is 3.07. The number of carboxylic acid groups (broad SMARTS) is 1. The van der Waals surface area contributed by atoms with Crippen molar-refractivity contribution < 1.29 is 51.4 Å². The van der Waals surface area contributed by atoms with E-state index in [0.717, 1.165) is 11.1 Å². The van der Waals surface area contributed by atoms with Crippen molar-refractivity contribution in [1.29, 1.82) is 0 Å². The highest BCUT2D eigenvalue weighted by Gasteiger charge is 2.60. The third kappa shape index (κ3) is 6.84. The Balaban J connectivity index is 1.16. The van der Waals surface area contributed by atoms with Crippen LogP contribution in [-0.2, 0) is 29.2 Å².